The highest BCUT2D eigenvalue weighted by molar-refractivity contribution is 7.71. The van der Waals surface area contributed by atoms with Crippen LogP contribution >= 0.6 is 23.8 Å². The Kier molecular flexibility index (Phi) is 3.49. The van der Waals surface area contributed by atoms with Gasteiger partial charge in [-0.1, -0.05) is 39.3 Å². The Hall–Kier alpha value is -0.800. The molecule has 1 aromatic carbocycles. The van der Waals surface area contributed by atoms with Crippen molar-refractivity contribution < 1.29 is 0 Å². The summed E-state index contributed by atoms with van der Waals surface area (Å²) >= 11 is 11.8. The maximum absolute atomic E-state index is 6.19. The van der Waals surface area contributed by atoms with E-state index >= 15 is 0 Å². The average molecular weight is 323 g/mol. The Balaban J connectivity index is 2.13. The molecule has 1 aliphatic rings. The van der Waals surface area contributed by atoms with Gasteiger partial charge in [-0.05, 0) is 60.5 Å². The minimum atomic E-state index is 0.337. The third-order valence-electron chi connectivity index (χ3n) is 4.58. The monoisotopic (exact) mass is 322 g/mol. The number of nitrogens with zero attached hydrogens (tertiary/aromatic N) is 1. The van der Waals surface area contributed by atoms with Gasteiger partial charge in [0, 0.05) is 11.1 Å². The highest BCUT2D eigenvalue weighted by Crippen LogP contribution is 2.50. The fraction of sp³-hybridized carbons (Fsp3) is 0.588. The smallest absolute Gasteiger partial charge is 0.178 e. The molecule has 0 radical (unpaired) electrons. The molecule has 114 valence electrons. The standard InChI is InChI=1S/C17H23ClN2S/c1-16(2)8-12(9-17(3,4)10-16)20-14-7-11(18)5-6-13(14)19-15(20)21/h5-7,12H,8-10H2,1-4H3,(H,19,21). The van der Waals surface area contributed by atoms with Gasteiger partial charge in [-0.3, -0.25) is 0 Å². The lowest BCUT2D eigenvalue weighted by Gasteiger charge is -2.45. The van der Waals surface area contributed by atoms with Gasteiger partial charge in [0.25, 0.3) is 0 Å². The van der Waals surface area contributed by atoms with E-state index in [2.05, 4.69) is 37.2 Å². The fourth-order valence-electron chi connectivity index (χ4n) is 4.43. The first kappa shape index (κ1) is 15.1. The van der Waals surface area contributed by atoms with Gasteiger partial charge in [-0.25, -0.2) is 0 Å². The zero-order valence-electron chi connectivity index (χ0n) is 13.2. The van der Waals surface area contributed by atoms with Gasteiger partial charge in [0.1, 0.15) is 0 Å². The number of aromatic nitrogens is 2. The molecule has 1 fully saturated rings. The van der Waals surface area contributed by atoms with Crippen molar-refractivity contribution in [1.82, 2.24) is 9.55 Å². The first-order chi connectivity index (χ1) is 9.67. The van der Waals surface area contributed by atoms with Crippen molar-refractivity contribution in [3.05, 3.63) is 28.0 Å². The van der Waals surface area contributed by atoms with Crippen LogP contribution in [0.2, 0.25) is 5.02 Å². The van der Waals surface area contributed by atoms with Crippen molar-refractivity contribution in [1.29, 1.82) is 0 Å². The Morgan fingerprint density at radius 1 is 1.19 bits per heavy atom. The van der Waals surface area contributed by atoms with Crippen molar-refractivity contribution in [2.45, 2.75) is 53.0 Å². The van der Waals surface area contributed by atoms with Crippen LogP contribution in [0.3, 0.4) is 0 Å². The average Bonchev–Trinajstić information content (AvgIpc) is 2.60. The van der Waals surface area contributed by atoms with Crippen LogP contribution in [0, 0.1) is 15.6 Å². The summed E-state index contributed by atoms with van der Waals surface area (Å²) in [4.78, 5) is 3.33. The van der Waals surface area contributed by atoms with E-state index < -0.39 is 0 Å². The topological polar surface area (TPSA) is 20.7 Å². The number of halogens is 1. The number of hydrogen-bond acceptors (Lipinski definition) is 1. The van der Waals surface area contributed by atoms with Gasteiger partial charge in [-0.15, -0.1) is 0 Å². The van der Waals surface area contributed by atoms with E-state index in [1.54, 1.807) is 0 Å². The maximum atomic E-state index is 6.19. The van der Waals surface area contributed by atoms with Gasteiger partial charge < -0.3 is 9.55 Å². The van der Waals surface area contributed by atoms with Crippen LogP contribution < -0.4 is 0 Å². The minimum absolute atomic E-state index is 0.337. The highest BCUT2D eigenvalue weighted by atomic mass is 35.5. The molecule has 1 aliphatic carbocycles. The Morgan fingerprint density at radius 2 is 1.81 bits per heavy atom. The predicted molar refractivity (Wildman–Crippen MR) is 92.6 cm³/mol. The lowest BCUT2D eigenvalue weighted by Crippen LogP contribution is -2.35. The molecule has 2 nitrogen and oxygen atoms in total. The Morgan fingerprint density at radius 3 is 2.43 bits per heavy atom. The summed E-state index contributed by atoms with van der Waals surface area (Å²) < 4.78 is 3.10. The lowest BCUT2D eigenvalue weighted by atomic mass is 9.63. The fourth-order valence-corrected chi connectivity index (χ4v) is 4.95. The molecule has 1 heterocycles. The SMILES string of the molecule is CC1(C)CC(n2c(=S)[nH]c3ccc(Cl)cc32)CC(C)(C)C1. The second-order valence-corrected chi connectivity index (χ2v) is 8.85. The number of benzene rings is 1. The number of imidazole rings is 1. The van der Waals surface area contributed by atoms with E-state index in [1.165, 1.54) is 6.42 Å². The number of rotatable bonds is 1. The predicted octanol–water partition coefficient (Wildman–Crippen LogP) is 6.13. The third-order valence-corrected chi connectivity index (χ3v) is 5.11. The van der Waals surface area contributed by atoms with E-state index in [4.69, 9.17) is 23.8 Å². The molecule has 2 aromatic rings. The summed E-state index contributed by atoms with van der Waals surface area (Å²) in [6, 6.07) is 6.39. The van der Waals surface area contributed by atoms with Crippen LogP contribution in [0.25, 0.3) is 11.0 Å². The molecule has 0 saturated heterocycles. The summed E-state index contributed by atoms with van der Waals surface area (Å²) in [7, 11) is 0. The Labute approximate surface area is 136 Å². The second kappa shape index (κ2) is 4.85. The van der Waals surface area contributed by atoms with Crippen molar-refractivity contribution >= 4 is 34.9 Å². The van der Waals surface area contributed by atoms with E-state index in [0.717, 1.165) is 33.7 Å². The number of H-pyrrole nitrogens is 1. The number of hydrogen-bond donors (Lipinski definition) is 1. The molecule has 0 bridgehead atoms. The van der Waals surface area contributed by atoms with Crippen molar-refractivity contribution in [3.8, 4) is 0 Å². The molecule has 0 spiro atoms. The molecule has 0 amide bonds. The maximum Gasteiger partial charge on any atom is 0.178 e. The van der Waals surface area contributed by atoms with Crippen LogP contribution in [-0.4, -0.2) is 9.55 Å². The van der Waals surface area contributed by atoms with Gasteiger partial charge in [0.15, 0.2) is 4.77 Å². The Bertz CT molecular complexity index is 723. The van der Waals surface area contributed by atoms with E-state index in [-0.39, 0.29) is 0 Å². The van der Waals surface area contributed by atoms with Gasteiger partial charge >= 0.3 is 0 Å². The summed E-state index contributed by atoms with van der Waals surface area (Å²) in [5.41, 5.74) is 2.88. The van der Waals surface area contributed by atoms with Crippen LogP contribution in [0.5, 0.6) is 0 Å². The summed E-state index contributed by atoms with van der Waals surface area (Å²) in [5.74, 6) is 0. The molecule has 0 atom stereocenters. The molecular weight excluding hydrogens is 300 g/mol. The van der Waals surface area contributed by atoms with Gasteiger partial charge in [0.2, 0.25) is 0 Å². The first-order valence-electron chi connectivity index (χ1n) is 7.57. The van der Waals surface area contributed by atoms with Crippen molar-refractivity contribution in [2.75, 3.05) is 0 Å². The van der Waals surface area contributed by atoms with Gasteiger partial charge in [0.05, 0.1) is 11.0 Å². The first-order valence-corrected chi connectivity index (χ1v) is 8.35. The molecule has 0 unspecified atom stereocenters. The normalized spacial score (nSPS) is 21.8. The number of fused-ring (bicyclic) bond motifs is 1. The zero-order valence-corrected chi connectivity index (χ0v) is 14.7. The van der Waals surface area contributed by atoms with Crippen LogP contribution in [0.4, 0.5) is 0 Å². The molecule has 4 heteroatoms. The van der Waals surface area contributed by atoms with Crippen LogP contribution in [0.1, 0.15) is 53.0 Å². The molecule has 3 rings (SSSR count). The van der Waals surface area contributed by atoms with E-state index in [1.807, 2.05) is 18.2 Å². The minimum Gasteiger partial charge on any atom is -0.331 e. The number of nitrogens with one attached hydrogen (secondary N) is 1. The van der Waals surface area contributed by atoms with E-state index in [9.17, 15) is 0 Å². The van der Waals surface area contributed by atoms with Crippen LogP contribution in [-0.2, 0) is 0 Å². The van der Waals surface area contributed by atoms with Crippen molar-refractivity contribution in [3.63, 3.8) is 0 Å². The molecule has 1 N–H and O–H groups in total. The second-order valence-electron chi connectivity index (χ2n) is 8.03. The van der Waals surface area contributed by atoms with Gasteiger partial charge in [-0.2, -0.15) is 0 Å². The third kappa shape index (κ3) is 2.91. The quantitative estimate of drug-likeness (QED) is 0.626. The van der Waals surface area contributed by atoms with Crippen molar-refractivity contribution in [2.24, 2.45) is 10.8 Å². The zero-order chi connectivity index (χ0) is 15.4. The number of aromatic amines is 1. The molecule has 1 aromatic heterocycles. The lowest BCUT2D eigenvalue weighted by molar-refractivity contribution is 0.0733. The largest absolute Gasteiger partial charge is 0.331 e. The molecule has 0 aliphatic heterocycles. The molecule has 21 heavy (non-hydrogen) atoms. The van der Waals surface area contributed by atoms with E-state index in [0.29, 0.717) is 16.9 Å². The summed E-state index contributed by atoms with van der Waals surface area (Å²) in [6.07, 6.45) is 3.57. The molecular formula is C17H23ClN2S. The summed E-state index contributed by atoms with van der Waals surface area (Å²) in [5, 5.41) is 0.763. The highest BCUT2D eigenvalue weighted by Gasteiger charge is 2.39. The summed E-state index contributed by atoms with van der Waals surface area (Å²) in [6.45, 7) is 9.47. The van der Waals surface area contributed by atoms with Crippen LogP contribution in [0.15, 0.2) is 18.2 Å². The molecule has 1 saturated carbocycles.